The minimum atomic E-state index is -0.779. The molecule has 0 radical (unpaired) electrons. The van der Waals surface area contributed by atoms with Crippen molar-refractivity contribution >= 4 is 35.0 Å². The maximum Gasteiger partial charge on any atom is 0.257 e. The van der Waals surface area contributed by atoms with Crippen molar-refractivity contribution < 1.29 is 14.4 Å². The summed E-state index contributed by atoms with van der Waals surface area (Å²) in [6.07, 6.45) is 7.67. The summed E-state index contributed by atoms with van der Waals surface area (Å²) in [6, 6.07) is 15.3. The van der Waals surface area contributed by atoms with E-state index < -0.39 is 6.04 Å². The van der Waals surface area contributed by atoms with E-state index in [1.807, 2.05) is 30.3 Å². The summed E-state index contributed by atoms with van der Waals surface area (Å²) in [5.41, 5.74) is 2.71. The van der Waals surface area contributed by atoms with Crippen molar-refractivity contribution in [1.82, 2.24) is 4.90 Å². The summed E-state index contributed by atoms with van der Waals surface area (Å²) < 4.78 is 0. The van der Waals surface area contributed by atoms with Crippen molar-refractivity contribution in [3.05, 3.63) is 76.8 Å². The summed E-state index contributed by atoms with van der Waals surface area (Å²) in [5, 5.41) is 0.532. The second-order valence-corrected chi connectivity index (χ2v) is 8.81. The first-order valence-electron chi connectivity index (χ1n) is 11.2. The van der Waals surface area contributed by atoms with E-state index in [1.54, 1.807) is 29.2 Å². The van der Waals surface area contributed by atoms with Crippen LogP contribution in [0.15, 0.2) is 66.2 Å². The number of benzene rings is 2. The van der Waals surface area contributed by atoms with Gasteiger partial charge in [-0.15, -0.1) is 0 Å². The molecule has 1 unspecified atom stereocenters. The highest BCUT2D eigenvalue weighted by atomic mass is 35.5. The van der Waals surface area contributed by atoms with E-state index in [2.05, 4.69) is 6.08 Å². The van der Waals surface area contributed by atoms with Crippen molar-refractivity contribution in [1.29, 1.82) is 0 Å². The van der Waals surface area contributed by atoms with E-state index in [1.165, 1.54) is 16.9 Å². The molecule has 1 aliphatic carbocycles. The van der Waals surface area contributed by atoms with Crippen molar-refractivity contribution in [2.45, 2.75) is 51.0 Å². The highest BCUT2D eigenvalue weighted by molar-refractivity contribution is 6.30. The molecule has 6 heteroatoms. The molecular weight excluding hydrogens is 424 g/mol. The van der Waals surface area contributed by atoms with Crippen LogP contribution in [0.25, 0.3) is 0 Å². The second-order valence-electron chi connectivity index (χ2n) is 8.37. The number of nitrogens with zero attached hydrogens (tertiary/aromatic N) is 2. The Morgan fingerprint density at radius 1 is 1.03 bits per heavy atom. The molecule has 0 aromatic heterocycles. The van der Waals surface area contributed by atoms with E-state index in [-0.39, 0.29) is 30.6 Å². The van der Waals surface area contributed by atoms with Crippen LogP contribution in [0.2, 0.25) is 5.02 Å². The smallest absolute Gasteiger partial charge is 0.257 e. The molecule has 1 aliphatic heterocycles. The van der Waals surface area contributed by atoms with Gasteiger partial charge in [-0.2, -0.15) is 0 Å². The lowest BCUT2D eigenvalue weighted by molar-refractivity contribution is -0.137. The van der Waals surface area contributed by atoms with Crippen LogP contribution in [0.5, 0.6) is 0 Å². The molecule has 32 heavy (non-hydrogen) atoms. The lowest BCUT2D eigenvalue weighted by Crippen LogP contribution is -2.46. The molecule has 166 valence electrons. The SMILES string of the molecule is O=C1CC(N(CCC2=CCCCC2)C(=O)Cc2ccccc2)C(=O)N1c1ccc(Cl)cc1. The lowest BCUT2D eigenvalue weighted by Gasteiger charge is -2.29. The molecule has 0 saturated carbocycles. The van der Waals surface area contributed by atoms with Crippen LogP contribution >= 0.6 is 11.6 Å². The first-order chi connectivity index (χ1) is 15.5. The summed E-state index contributed by atoms with van der Waals surface area (Å²) in [4.78, 5) is 42.2. The maximum atomic E-state index is 13.3. The topological polar surface area (TPSA) is 57.7 Å². The summed E-state index contributed by atoms with van der Waals surface area (Å²) in [5.74, 6) is -0.773. The summed E-state index contributed by atoms with van der Waals surface area (Å²) >= 11 is 5.96. The van der Waals surface area contributed by atoms with Gasteiger partial charge in [0.15, 0.2) is 0 Å². The highest BCUT2D eigenvalue weighted by Gasteiger charge is 2.44. The minimum absolute atomic E-state index is 0.00103. The molecule has 5 nitrogen and oxygen atoms in total. The first kappa shape index (κ1) is 22.3. The van der Waals surface area contributed by atoms with Gasteiger partial charge < -0.3 is 4.90 Å². The van der Waals surface area contributed by atoms with E-state index in [4.69, 9.17) is 11.6 Å². The monoisotopic (exact) mass is 450 g/mol. The van der Waals surface area contributed by atoms with Gasteiger partial charge in [0.25, 0.3) is 5.91 Å². The Balaban J connectivity index is 1.55. The molecule has 0 N–H and O–H groups in total. The van der Waals surface area contributed by atoms with Gasteiger partial charge >= 0.3 is 0 Å². The van der Waals surface area contributed by atoms with Gasteiger partial charge in [0.1, 0.15) is 6.04 Å². The van der Waals surface area contributed by atoms with Crippen molar-refractivity contribution in [2.24, 2.45) is 0 Å². The Kier molecular flexibility index (Phi) is 7.05. The van der Waals surface area contributed by atoms with Gasteiger partial charge in [0.2, 0.25) is 11.8 Å². The zero-order valence-electron chi connectivity index (χ0n) is 18.0. The summed E-state index contributed by atoms with van der Waals surface area (Å²) in [7, 11) is 0. The number of anilines is 1. The maximum absolute atomic E-state index is 13.3. The number of hydrogen-bond donors (Lipinski definition) is 0. The van der Waals surface area contributed by atoms with Crippen LogP contribution in [0.3, 0.4) is 0 Å². The molecule has 3 amide bonds. The Bertz CT molecular complexity index is 1020. The van der Waals surface area contributed by atoms with Crippen molar-refractivity contribution in [3.8, 4) is 0 Å². The Morgan fingerprint density at radius 2 is 1.78 bits per heavy atom. The third-order valence-electron chi connectivity index (χ3n) is 6.16. The predicted octanol–water partition coefficient (Wildman–Crippen LogP) is 4.93. The van der Waals surface area contributed by atoms with Crippen LogP contribution in [0.4, 0.5) is 5.69 Å². The zero-order chi connectivity index (χ0) is 22.5. The quantitative estimate of drug-likeness (QED) is 0.443. The van der Waals surface area contributed by atoms with E-state index in [9.17, 15) is 14.4 Å². The van der Waals surface area contributed by atoms with Crippen LogP contribution in [0, 0.1) is 0 Å². The molecule has 1 atom stereocenters. The van der Waals surface area contributed by atoms with Gasteiger partial charge in [-0.1, -0.05) is 53.6 Å². The Hall–Kier alpha value is -2.92. The van der Waals surface area contributed by atoms with Gasteiger partial charge in [-0.05, 0) is 61.9 Å². The molecule has 2 aromatic rings. The average Bonchev–Trinajstić information content (AvgIpc) is 3.09. The van der Waals surface area contributed by atoms with Gasteiger partial charge in [-0.25, -0.2) is 4.90 Å². The first-order valence-corrected chi connectivity index (χ1v) is 11.5. The van der Waals surface area contributed by atoms with Crippen LogP contribution in [0.1, 0.15) is 44.1 Å². The van der Waals surface area contributed by atoms with Gasteiger partial charge in [0.05, 0.1) is 18.5 Å². The van der Waals surface area contributed by atoms with Gasteiger partial charge in [-0.3, -0.25) is 14.4 Å². The van der Waals surface area contributed by atoms with Crippen molar-refractivity contribution in [3.63, 3.8) is 0 Å². The third kappa shape index (κ3) is 5.10. The molecule has 1 fully saturated rings. The normalized spacial score (nSPS) is 18.6. The lowest BCUT2D eigenvalue weighted by atomic mass is 9.96. The standard InChI is InChI=1S/C26H27ClN2O3/c27-21-11-13-22(14-12-21)29-25(31)18-23(26(29)32)28(16-15-19-7-3-1-4-8-19)24(30)17-20-9-5-2-6-10-20/h2,5-7,9-14,23H,1,3-4,8,15-18H2. The fourth-order valence-corrected chi connectivity index (χ4v) is 4.57. The minimum Gasteiger partial charge on any atom is -0.329 e. The number of carbonyl (C=O) groups is 3. The van der Waals surface area contributed by atoms with Crippen LogP contribution < -0.4 is 4.90 Å². The molecular formula is C26H27ClN2O3. The van der Waals surface area contributed by atoms with Crippen LogP contribution in [-0.4, -0.2) is 35.2 Å². The molecule has 2 aromatic carbocycles. The molecule has 0 spiro atoms. The molecule has 0 bridgehead atoms. The number of rotatable bonds is 7. The number of amides is 3. The molecule has 1 heterocycles. The number of halogens is 1. The van der Waals surface area contributed by atoms with E-state index >= 15 is 0 Å². The molecule has 2 aliphatic rings. The van der Waals surface area contributed by atoms with E-state index in [0.717, 1.165) is 31.2 Å². The molecule has 1 saturated heterocycles. The molecule has 4 rings (SSSR count). The fraction of sp³-hybridized carbons (Fsp3) is 0.346. The second kappa shape index (κ2) is 10.1. The number of hydrogen-bond acceptors (Lipinski definition) is 3. The average molecular weight is 451 g/mol. The largest absolute Gasteiger partial charge is 0.329 e. The Morgan fingerprint density at radius 3 is 2.47 bits per heavy atom. The predicted molar refractivity (Wildman–Crippen MR) is 125 cm³/mol. The van der Waals surface area contributed by atoms with E-state index in [0.29, 0.717) is 17.3 Å². The van der Waals surface area contributed by atoms with Crippen molar-refractivity contribution in [2.75, 3.05) is 11.4 Å². The number of carbonyl (C=O) groups excluding carboxylic acids is 3. The summed E-state index contributed by atoms with van der Waals surface area (Å²) in [6.45, 7) is 0.440. The number of imide groups is 1. The number of allylic oxidation sites excluding steroid dienone is 1. The third-order valence-corrected chi connectivity index (χ3v) is 6.41. The van der Waals surface area contributed by atoms with Crippen LogP contribution in [-0.2, 0) is 20.8 Å². The fourth-order valence-electron chi connectivity index (χ4n) is 4.44. The Labute approximate surface area is 193 Å². The highest BCUT2D eigenvalue weighted by Crippen LogP contribution is 2.28. The zero-order valence-corrected chi connectivity index (χ0v) is 18.8. The van der Waals surface area contributed by atoms with Gasteiger partial charge in [0, 0.05) is 11.6 Å².